The Morgan fingerprint density at radius 3 is 1.32 bits per heavy atom. The molecule has 78 heavy (non-hydrogen) atoms. The summed E-state index contributed by atoms with van der Waals surface area (Å²) in [6.45, 7) is 19.9. The number of nitrogens with one attached hydrogen (secondary N) is 2. The largest absolute Gasteiger partial charge is 0.476 e. The number of benzene rings is 2. The highest BCUT2D eigenvalue weighted by atomic mass is 16.6. The average Bonchev–Trinajstić information content (AvgIpc) is 4.21. The van der Waals surface area contributed by atoms with E-state index in [1.165, 1.54) is 4.90 Å². The van der Waals surface area contributed by atoms with E-state index in [1.807, 2.05) is 24.3 Å². The van der Waals surface area contributed by atoms with Gasteiger partial charge in [0.1, 0.15) is 34.2 Å². The van der Waals surface area contributed by atoms with Gasteiger partial charge >= 0.3 is 18.2 Å². The van der Waals surface area contributed by atoms with E-state index in [9.17, 15) is 33.9 Å². The fraction of sp³-hybridized carbons (Fsp3) is 0.393. The van der Waals surface area contributed by atoms with Gasteiger partial charge in [0.15, 0.2) is 23.0 Å². The molecule has 6 heterocycles. The number of anilines is 2. The number of rotatable bonds is 12. The molecule has 2 fully saturated rings. The van der Waals surface area contributed by atoms with Crippen LogP contribution in [-0.2, 0) is 9.47 Å². The lowest BCUT2D eigenvalue weighted by molar-refractivity contribution is 0.0206. The third-order valence-electron chi connectivity index (χ3n) is 12.9. The molecule has 0 saturated carbocycles. The number of nitrogen functional groups attached to an aromatic ring is 2. The van der Waals surface area contributed by atoms with E-state index in [1.54, 1.807) is 107 Å². The molecule has 0 unspecified atom stereocenters. The Morgan fingerprint density at radius 1 is 0.603 bits per heavy atom. The first-order valence-corrected chi connectivity index (χ1v) is 25.7. The number of aromatic carboxylic acids is 1. The van der Waals surface area contributed by atoms with Crippen LogP contribution < -0.4 is 28.1 Å². The number of primary amides is 1. The van der Waals surface area contributed by atoms with Gasteiger partial charge < -0.3 is 42.6 Å². The van der Waals surface area contributed by atoms with Crippen LogP contribution in [0.2, 0.25) is 0 Å². The van der Waals surface area contributed by atoms with Crippen molar-refractivity contribution in [2.45, 2.75) is 130 Å². The summed E-state index contributed by atoms with van der Waals surface area (Å²) in [5.74, 6) is 11.9. The standard InChI is InChI=1S/C28H35N7O4.C28H34N6O5/c1-16(2)19-12-13-31-21(15-19)32-26(37)18-10-8-17(9-11-18)22-23(24(29)36)35(30)25(33-22)20-7-6-14-34(20)27(38)39-28(3,4)5;1-16(2)19-12-13-30-21(15-19)31-25(35)18-10-8-17(9-11-18)22-23(26(36)37)34(29)24(32-22)20-7-6-14-33(20)27(38)39-28(3,4)5/h8-13,15-16,20H,6-7,14,30H2,1-5H3,(H2,29,36)(H,31,32,37);8-13,15-16,20H,6-7,14,29H2,1-5H3,(H,36,37)(H,30,31,35)/t2*20-/m00/s1. The molecule has 0 aliphatic carbocycles. The van der Waals surface area contributed by atoms with E-state index in [4.69, 9.17) is 26.9 Å². The van der Waals surface area contributed by atoms with Crippen molar-refractivity contribution in [2.75, 3.05) is 35.4 Å². The van der Waals surface area contributed by atoms with Gasteiger partial charge in [-0.05, 0) is 139 Å². The Morgan fingerprint density at radius 2 is 0.974 bits per heavy atom. The van der Waals surface area contributed by atoms with Crippen molar-refractivity contribution in [3.05, 3.63) is 130 Å². The van der Waals surface area contributed by atoms with Gasteiger partial charge in [0, 0.05) is 47.7 Å². The number of nitrogens with zero attached hydrogens (tertiary/aromatic N) is 8. The molecule has 0 bridgehead atoms. The van der Waals surface area contributed by atoms with Crippen molar-refractivity contribution >= 4 is 47.5 Å². The lowest BCUT2D eigenvalue weighted by Gasteiger charge is -2.28. The van der Waals surface area contributed by atoms with E-state index < -0.39 is 47.3 Å². The smallest absolute Gasteiger partial charge is 0.410 e. The van der Waals surface area contributed by atoms with Gasteiger partial charge in [0.2, 0.25) is 0 Å². The van der Waals surface area contributed by atoms with Gasteiger partial charge in [-0.15, -0.1) is 0 Å². The molecular formula is C56H69N13O9. The van der Waals surface area contributed by atoms with Crippen LogP contribution >= 0.6 is 0 Å². The van der Waals surface area contributed by atoms with Crippen LogP contribution in [0.1, 0.15) is 183 Å². The van der Waals surface area contributed by atoms with Crippen LogP contribution in [-0.4, -0.2) is 104 Å². The molecule has 2 atom stereocenters. The summed E-state index contributed by atoms with van der Waals surface area (Å²) < 4.78 is 13.3. The molecule has 412 valence electrons. The van der Waals surface area contributed by atoms with Gasteiger partial charge in [-0.25, -0.2) is 43.7 Å². The fourth-order valence-electron chi connectivity index (χ4n) is 9.05. The van der Waals surface area contributed by atoms with Crippen LogP contribution in [0.25, 0.3) is 22.5 Å². The Hall–Kier alpha value is -8.82. The van der Waals surface area contributed by atoms with Crippen LogP contribution in [0, 0.1) is 0 Å². The number of carboxylic acid groups (broad SMARTS) is 1. The number of pyridine rings is 2. The summed E-state index contributed by atoms with van der Waals surface area (Å²) in [6, 6.07) is 19.5. The van der Waals surface area contributed by atoms with Crippen molar-refractivity contribution in [1.29, 1.82) is 0 Å². The summed E-state index contributed by atoms with van der Waals surface area (Å²) in [5, 5.41) is 15.5. The number of carbonyl (C=O) groups is 6. The third-order valence-corrected chi connectivity index (χ3v) is 12.9. The predicted octanol–water partition coefficient (Wildman–Crippen LogP) is 9.01. The summed E-state index contributed by atoms with van der Waals surface area (Å²) in [7, 11) is 0. The number of likely N-dealkylation sites (tertiary alicyclic amines) is 2. The Balaban J connectivity index is 0.000000226. The normalized spacial score (nSPS) is 15.4. The van der Waals surface area contributed by atoms with Crippen molar-refractivity contribution in [2.24, 2.45) is 5.73 Å². The number of hydrogen-bond acceptors (Lipinski definition) is 14. The van der Waals surface area contributed by atoms with E-state index in [0.29, 0.717) is 83.9 Å². The second-order valence-corrected chi connectivity index (χ2v) is 21.7. The molecule has 5 amide bonds. The molecule has 22 heteroatoms. The first-order valence-electron chi connectivity index (χ1n) is 25.7. The lowest BCUT2D eigenvalue weighted by Crippen LogP contribution is -2.38. The molecule has 2 aliphatic rings. The first kappa shape index (κ1) is 56.9. The molecule has 8 rings (SSSR count). The first-order chi connectivity index (χ1) is 36.7. The maximum Gasteiger partial charge on any atom is 0.410 e. The minimum Gasteiger partial charge on any atom is -0.476 e. The number of carboxylic acids is 1. The molecule has 2 saturated heterocycles. The maximum atomic E-state index is 12.8. The molecule has 2 aromatic carbocycles. The van der Waals surface area contributed by atoms with Crippen molar-refractivity contribution in [3.8, 4) is 22.5 Å². The minimum absolute atomic E-state index is 0.00735. The van der Waals surface area contributed by atoms with Crippen molar-refractivity contribution < 1.29 is 43.3 Å². The lowest BCUT2D eigenvalue weighted by atomic mass is 10.0. The Labute approximate surface area is 452 Å². The summed E-state index contributed by atoms with van der Waals surface area (Å²) in [5.41, 5.74) is 8.46. The van der Waals surface area contributed by atoms with E-state index >= 15 is 0 Å². The molecule has 4 aromatic heterocycles. The van der Waals surface area contributed by atoms with Crippen LogP contribution in [0.3, 0.4) is 0 Å². The molecule has 2 aliphatic heterocycles. The highest BCUT2D eigenvalue weighted by molar-refractivity contribution is 6.05. The van der Waals surface area contributed by atoms with E-state index in [-0.39, 0.29) is 40.4 Å². The van der Waals surface area contributed by atoms with Gasteiger partial charge in [0.05, 0.1) is 12.1 Å². The van der Waals surface area contributed by atoms with E-state index in [2.05, 4.69) is 58.3 Å². The zero-order valence-corrected chi connectivity index (χ0v) is 45.7. The molecular weight excluding hydrogens is 999 g/mol. The van der Waals surface area contributed by atoms with Crippen molar-refractivity contribution in [1.82, 2.24) is 39.1 Å². The number of ether oxygens (including phenoxy) is 2. The number of imidazole rings is 2. The van der Waals surface area contributed by atoms with E-state index in [0.717, 1.165) is 26.9 Å². The molecule has 0 spiro atoms. The quantitative estimate of drug-likeness (QED) is 0.0623. The fourth-order valence-corrected chi connectivity index (χ4v) is 9.05. The average molecular weight is 1070 g/mol. The van der Waals surface area contributed by atoms with Crippen LogP contribution in [0.15, 0.2) is 85.2 Å². The highest BCUT2D eigenvalue weighted by Gasteiger charge is 2.39. The Bertz CT molecular complexity index is 2990. The predicted molar refractivity (Wildman–Crippen MR) is 293 cm³/mol. The number of amides is 5. The summed E-state index contributed by atoms with van der Waals surface area (Å²) >= 11 is 0. The second kappa shape index (κ2) is 23.2. The molecule has 22 nitrogen and oxygen atoms in total. The number of carbonyl (C=O) groups excluding carboxylic acids is 5. The SMILES string of the molecule is CC(C)c1ccnc(NC(=O)c2ccc(-c3nc([C@@H]4CCCN4C(=O)OC(C)(C)C)n(N)c3C(=O)O)cc2)c1.CC(C)c1ccnc(NC(=O)c2ccc(-c3nc([C@@H]4CCCN4C(=O)OC(C)(C)C)n(N)c3C(N)=O)cc2)c1. The van der Waals surface area contributed by atoms with Gasteiger partial charge in [-0.3, -0.25) is 24.2 Å². The monoisotopic (exact) mass is 1070 g/mol. The third kappa shape index (κ3) is 13.2. The van der Waals surface area contributed by atoms with Crippen molar-refractivity contribution in [3.63, 3.8) is 0 Å². The number of hydrogen-bond donors (Lipinski definition) is 6. The minimum atomic E-state index is -1.26. The summed E-state index contributed by atoms with van der Waals surface area (Å²) in [6.07, 6.45) is 4.94. The van der Waals surface area contributed by atoms with Gasteiger partial charge in [-0.2, -0.15) is 0 Å². The number of aromatic nitrogens is 6. The van der Waals surface area contributed by atoms with Gasteiger partial charge in [0.25, 0.3) is 17.7 Å². The zero-order valence-electron chi connectivity index (χ0n) is 45.7. The summed E-state index contributed by atoms with van der Waals surface area (Å²) in [4.78, 5) is 96.6. The van der Waals surface area contributed by atoms with Crippen LogP contribution in [0.4, 0.5) is 21.2 Å². The van der Waals surface area contributed by atoms with Crippen LogP contribution in [0.5, 0.6) is 0 Å². The maximum absolute atomic E-state index is 12.8. The molecule has 6 aromatic rings. The highest BCUT2D eigenvalue weighted by Crippen LogP contribution is 2.37. The number of nitrogens with two attached hydrogens (primary N) is 3. The topological polar surface area (TPSA) is 311 Å². The second-order valence-electron chi connectivity index (χ2n) is 21.7. The molecule has 0 radical (unpaired) electrons. The molecule has 9 N–H and O–H groups in total. The Kier molecular flexibility index (Phi) is 16.9. The van der Waals surface area contributed by atoms with Gasteiger partial charge in [-0.1, -0.05) is 52.0 Å². The zero-order chi connectivity index (χ0) is 57.0.